The van der Waals surface area contributed by atoms with Crippen molar-refractivity contribution in [2.45, 2.75) is 26.4 Å². The summed E-state index contributed by atoms with van der Waals surface area (Å²) in [7, 11) is 1.12. The smallest absolute Gasteiger partial charge is 0.412 e. The van der Waals surface area contributed by atoms with Crippen molar-refractivity contribution in [3.63, 3.8) is 0 Å². The van der Waals surface area contributed by atoms with E-state index in [0.29, 0.717) is 0 Å². The number of nitrogens with zero attached hydrogens (tertiary/aromatic N) is 2. The number of hydrogen-bond acceptors (Lipinski definition) is 8. The van der Waals surface area contributed by atoms with E-state index in [4.69, 9.17) is 4.74 Å². The molecule has 1 aromatic rings. The first-order chi connectivity index (χ1) is 11.1. The van der Waals surface area contributed by atoms with E-state index in [1.54, 1.807) is 20.8 Å². The van der Waals surface area contributed by atoms with E-state index in [0.717, 1.165) is 13.2 Å². The molecule has 24 heavy (non-hydrogen) atoms. The van der Waals surface area contributed by atoms with Gasteiger partial charge in [-0.25, -0.2) is 9.59 Å². The molecule has 0 radical (unpaired) electrons. The number of pyridine rings is 1. The predicted molar refractivity (Wildman–Crippen MR) is 81.2 cm³/mol. The van der Waals surface area contributed by atoms with Crippen LogP contribution in [0.15, 0.2) is 24.2 Å². The molecular weight excluding hydrogens is 322 g/mol. The number of carbonyl (C=O) groups is 2. The molecule has 10 heteroatoms. The molecule has 0 saturated carbocycles. The van der Waals surface area contributed by atoms with Crippen LogP contribution in [0.2, 0.25) is 0 Å². The molecule has 0 unspecified atom stereocenters. The third kappa shape index (κ3) is 6.30. The molecule has 10 nitrogen and oxygen atoms in total. The first-order valence-corrected chi connectivity index (χ1v) is 6.69. The number of hydrogen-bond donors (Lipinski definition) is 1. The van der Waals surface area contributed by atoms with E-state index in [2.05, 4.69) is 19.9 Å². The molecule has 1 N–H and O–H groups in total. The zero-order chi connectivity index (χ0) is 18.3. The van der Waals surface area contributed by atoms with Crippen molar-refractivity contribution in [1.82, 2.24) is 10.3 Å². The van der Waals surface area contributed by atoms with Gasteiger partial charge in [-0.1, -0.05) is 0 Å². The molecule has 0 aliphatic rings. The van der Waals surface area contributed by atoms with Gasteiger partial charge in [0.05, 0.1) is 7.11 Å². The summed E-state index contributed by atoms with van der Waals surface area (Å²) in [5.74, 6) is -1.04. The van der Waals surface area contributed by atoms with E-state index < -0.39 is 22.8 Å². The highest BCUT2D eigenvalue weighted by Crippen LogP contribution is 2.20. The summed E-state index contributed by atoms with van der Waals surface area (Å²) in [4.78, 5) is 42.3. The third-order valence-electron chi connectivity index (χ3n) is 2.32. The number of aromatic nitrogens is 1. The fourth-order valence-electron chi connectivity index (χ4n) is 1.49. The molecule has 130 valence electrons. The Bertz CT molecular complexity index is 665. The molecule has 0 bridgehead atoms. The second-order valence-corrected chi connectivity index (χ2v) is 5.40. The Morgan fingerprint density at radius 1 is 1.38 bits per heavy atom. The summed E-state index contributed by atoms with van der Waals surface area (Å²) < 4.78 is 9.61. The number of methoxy groups -OCH3 is 1. The van der Waals surface area contributed by atoms with Crippen molar-refractivity contribution >= 4 is 18.1 Å². The van der Waals surface area contributed by atoms with Gasteiger partial charge in [0.25, 0.3) is 5.09 Å². The van der Waals surface area contributed by atoms with Crippen molar-refractivity contribution in [1.29, 1.82) is 0 Å². The van der Waals surface area contributed by atoms with Gasteiger partial charge in [-0.05, 0) is 32.9 Å². The van der Waals surface area contributed by atoms with Gasteiger partial charge in [0.1, 0.15) is 17.0 Å². The lowest BCUT2D eigenvalue weighted by atomic mass is 10.2. The Morgan fingerprint density at radius 2 is 2.04 bits per heavy atom. The van der Waals surface area contributed by atoms with Crippen LogP contribution in [-0.2, 0) is 14.3 Å². The van der Waals surface area contributed by atoms with Gasteiger partial charge in [-0.2, -0.15) is 0 Å². The summed E-state index contributed by atoms with van der Waals surface area (Å²) in [5, 5.41) is 11.7. The predicted octanol–water partition coefficient (Wildman–Crippen LogP) is 1.69. The van der Waals surface area contributed by atoms with E-state index >= 15 is 0 Å². The minimum Gasteiger partial charge on any atom is -0.464 e. The highest BCUT2D eigenvalue weighted by molar-refractivity contribution is 5.97. The van der Waals surface area contributed by atoms with Crippen LogP contribution in [0.5, 0.6) is 5.75 Å². The number of nitrogens with one attached hydrogen (secondary N) is 1. The zero-order valence-electron chi connectivity index (χ0n) is 13.6. The molecule has 1 rings (SSSR count). The van der Waals surface area contributed by atoms with E-state index in [1.807, 2.05) is 0 Å². The molecule has 0 aliphatic carbocycles. The molecule has 0 aromatic carbocycles. The standard InChI is InChI=1S/C14H17N3O7/c1-14(2,3)23-13(19)16-10(12(18)22-4)7-9-8-15-6-5-11(9)24-17(20)21/h5-8H,1-4H3,(H,16,19). The number of rotatable bonds is 5. The van der Waals surface area contributed by atoms with Crippen molar-refractivity contribution in [2.75, 3.05) is 7.11 Å². The largest absolute Gasteiger partial charge is 0.464 e. The first kappa shape index (κ1) is 18.9. The monoisotopic (exact) mass is 339 g/mol. The van der Waals surface area contributed by atoms with Crippen molar-refractivity contribution in [2.24, 2.45) is 0 Å². The van der Waals surface area contributed by atoms with Gasteiger partial charge in [0.15, 0.2) is 0 Å². The minimum absolute atomic E-state index is 0.0886. The third-order valence-corrected chi connectivity index (χ3v) is 2.32. The Hall–Kier alpha value is -3.17. The van der Waals surface area contributed by atoms with Crippen LogP contribution in [0.3, 0.4) is 0 Å². The summed E-state index contributed by atoms with van der Waals surface area (Å²) in [6.45, 7) is 4.95. The molecule has 0 spiro atoms. The van der Waals surface area contributed by atoms with Crippen molar-refractivity contribution in [3.8, 4) is 5.75 Å². The molecule has 1 heterocycles. The lowest BCUT2D eigenvalue weighted by Gasteiger charge is -2.20. The second kappa shape index (κ2) is 7.90. The summed E-state index contributed by atoms with van der Waals surface area (Å²) in [5.41, 5.74) is -0.988. The van der Waals surface area contributed by atoms with Gasteiger partial charge in [-0.15, -0.1) is 10.1 Å². The molecule has 1 amide bonds. The fraction of sp³-hybridized carbons (Fsp3) is 0.357. The normalized spacial score (nSPS) is 11.4. The highest BCUT2D eigenvalue weighted by atomic mass is 17.0. The van der Waals surface area contributed by atoms with Gasteiger partial charge in [0.2, 0.25) is 0 Å². The lowest BCUT2D eigenvalue weighted by molar-refractivity contribution is -0.711. The average Bonchev–Trinajstić information content (AvgIpc) is 2.45. The quantitative estimate of drug-likeness (QED) is 0.371. The highest BCUT2D eigenvalue weighted by Gasteiger charge is 2.20. The Morgan fingerprint density at radius 3 is 2.58 bits per heavy atom. The Labute approximate surface area is 137 Å². The topological polar surface area (TPSA) is 130 Å². The zero-order valence-corrected chi connectivity index (χ0v) is 13.6. The lowest BCUT2D eigenvalue weighted by Crippen LogP contribution is -2.34. The number of ether oxygens (including phenoxy) is 2. The first-order valence-electron chi connectivity index (χ1n) is 6.69. The van der Waals surface area contributed by atoms with Gasteiger partial charge in [-0.3, -0.25) is 15.1 Å². The number of amides is 1. The number of alkyl carbamates (subject to hydrolysis) is 1. The number of esters is 1. The van der Waals surface area contributed by atoms with Crippen molar-refractivity contribution in [3.05, 3.63) is 39.8 Å². The van der Waals surface area contributed by atoms with Crippen LogP contribution in [0, 0.1) is 10.1 Å². The summed E-state index contributed by atoms with van der Waals surface area (Å²) in [6, 6.07) is 1.23. The average molecular weight is 339 g/mol. The summed E-state index contributed by atoms with van der Waals surface area (Å²) >= 11 is 0. The van der Waals surface area contributed by atoms with Gasteiger partial charge in [0, 0.05) is 18.0 Å². The van der Waals surface area contributed by atoms with Crippen LogP contribution in [-0.4, -0.2) is 34.8 Å². The van der Waals surface area contributed by atoms with E-state index in [1.165, 1.54) is 18.5 Å². The molecule has 1 aromatic heterocycles. The molecule has 0 fully saturated rings. The SMILES string of the molecule is COC(=O)C(=Cc1cnccc1O[N+](=O)[O-])NC(=O)OC(C)(C)C. The van der Waals surface area contributed by atoms with Crippen LogP contribution in [0.25, 0.3) is 6.08 Å². The molecule has 0 saturated heterocycles. The Kier molecular flexibility index (Phi) is 6.22. The van der Waals surface area contributed by atoms with Gasteiger partial charge >= 0.3 is 12.1 Å². The number of carbonyl (C=O) groups excluding carboxylic acids is 2. The van der Waals surface area contributed by atoms with E-state index in [9.17, 15) is 19.7 Å². The summed E-state index contributed by atoms with van der Waals surface area (Å²) in [6.07, 6.45) is 2.73. The fourth-order valence-corrected chi connectivity index (χ4v) is 1.49. The maximum atomic E-state index is 11.8. The molecular formula is C14H17N3O7. The van der Waals surface area contributed by atoms with Crippen molar-refractivity contribution < 1.29 is 29.0 Å². The second-order valence-electron chi connectivity index (χ2n) is 5.40. The maximum absolute atomic E-state index is 11.8. The molecule has 0 atom stereocenters. The maximum Gasteiger partial charge on any atom is 0.412 e. The molecule has 0 aliphatic heterocycles. The van der Waals surface area contributed by atoms with Crippen LogP contribution < -0.4 is 10.2 Å². The van der Waals surface area contributed by atoms with Crippen LogP contribution in [0.1, 0.15) is 26.3 Å². The Balaban J connectivity index is 3.13. The minimum atomic E-state index is -1.01. The van der Waals surface area contributed by atoms with Crippen LogP contribution in [0.4, 0.5) is 4.79 Å². The van der Waals surface area contributed by atoms with Gasteiger partial charge < -0.3 is 9.47 Å². The van der Waals surface area contributed by atoms with Crippen LogP contribution >= 0.6 is 0 Å². The van der Waals surface area contributed by atoms with E-state index in [-0.39, 0.29) is 17.0 Å².